The third-order valence-electron chi connectivity index (χ3n) is 0.342. The zero-order valence-corrected chi connectivity index (χ0v) is 3.42. The monoisotopic (exact) mass is 90.0 g/mol. The second kappa shape index (κ2) is 1.64. The first-order valence-corrected chi connectivity index (χ1v) is 2.10. The molecular formula is C2H4NOS. The Labute approximate surface area is 35.2 Å². The minimum atomic E-state index is 0.727. The van der Waals surface area contributed by atoms with Crippen molar-refractivity contribution in [3.8, 4) is 0 Å². The average Bonchev–Trinajstić information content (AvgIpc) is 1.76. The summed E-state index contributed by atoms with van der Waals surface area (Å²) < 4.78 is 7.49. The van der Waals surface area contributed by atoms with Crippen LogP contribution in [-0.2, 0) is 4.18 Å². The largest absolute Gasteiger partial charge is 0.300 e. The molecule has 0 atom stereocenters. The van der Waals surface area contributed by atoms with Crippen molar-refractivity contribution in [2.45, 2.75) is 0 Å². The van der Waals surface area contributed by atoms with Gasteiger partial charge >= 0.3 is 0 Å². The summed E-state index contributed by atoms with van der Waals surface area (Å²) in [6.45, 7) is 2.58. The van der Waals surface area contributed by atoms with E-state index in [1.54, 1.807) is 0 Å². The summed E-state index contributed by atoms with van der Waals surface area (Å²) in [5, 5.41) is 0. The molecule has 1 rings (SSSR count). The average molecular weight is 90.1 g/mol. The van der Waals surface area contributed by atoms with Crippen molar-refractivity contribution in [1.29, 1.82) is 0 Å². The highest BCUT2D eigenvalue weighted by molar-refractivity contribution is 7.93. The van der Waals surface area contributed by atoms with Gasteiger partial charge in [-0.2, -0.15) is 0 Å². The van der Waals surface area contributed by atoms with E-state index in [2.05, 4.69) is 4.72 Å². The van der Waals surface area contributed by atoms with Crippen molar-refractivity contribution < 1.29 is 4.18 Å². The van der Waals surface area contributed by atoms with Crippen LogP contribution in [0.25, 0.3) is 0 Å². The zero-order valence-electron chi connectivity index (χ0n) is 2.60. The molecule has 0 aliphatic carbocycles. The normalized spacial score (nSPS) is 24.0. The molecule has 5 heavy (non-hydrogen) atoms. The van der Waals surface area contributed by atoms with Gasteiger partial charge in [0.2, 0.25) is 0 Å². The van der Waals surface area contributed by atoms with E-state index in [4.69, 9.17) is 4.18 Å². The van der Waals surface area contributed by atoms with E-state index in [0.29, 0.717) is 0 Å². The Bertz CT molecular complexity index is 21.2. The molecule has 0 aromatic rings. The lowest BCUT2D eigenvalue weighted by molar-refractivity contribution is 0.435. The lowest BCUT2D eigenvalue weighted by Gasteiger charge is -1.73. The molecular weight excluding hydrogens is 86.1 g/mol. The van der Waals surface area contributed by atoms with Gasteiger partial charge in [-0.15, -0.1) is 0 Å². The Hall–Kier alpha value is 0.270. The molecule has 1 saturated heterocycles. The predicted octanol–water partition coefficient (Wildman–Crippen LogP) is 0.331. The molecule has 0 aromatic heterocycles. The molecule has 1 aliphatic heterocycles. The maximum Gasteiger partial charge on any atom is 0.0807 e. The smallest absolute Gasteiger partial charge is 0.0807 e. The highest BCUT2D eigenvalue weighted by atomic mass is 32.2. The fourth-order valence-electron chi connectivity index (χ4n) is 0.170. The van der Waals surface area contributed by atoms with Crippen LogP contribution in [0, 0.1) is 6.54 Å². The van der Waals surface area contributed by atoms with Crippen LogP contribution in [-0.4, -0.2) is 6.61 Å². The van der Waals surface area contributed by atoms with Crippen molar-refractivity contribution in [1.82, 2.24) is 4.72 Å². The van der Waals surface area contributed by atoms with Gasteiger partial charge in [0.05, 0.1) is 25.4 Å². The molecule has 1 N–H and O–H groups in total. The SMILES string of the molecule is [CH]1COSN1. The molecule has 1 aliphatic rings. The molecule has 0 unspecified atom stereocenters. The predicted molar refractivity (Wildman–Crippen MR) is 21.0 cm³/mol. The molecule has 1 heterocycles. The van der Waals surface area contributed by atoms with Crippen molar-refractivity contribution >= 4 is 12.2 Å². The Morgan fingerprint density at radius 2 is 3.00 bits per heavy atom. The molecule has 0 spiro atoms. The van der Waals surface area contributed by atoms with Crippen LogP contribution in [0.4, 0.5) is 0 Å². The van der Waals surface area contributed by atoms with Crippen molar-refractivity contribution in [3.63, 3.8) is 0 Å². The number of hydrogen-bond acceptors (Lipinski definition) is 3. The minimum Gasteiger partial charge on any atom is -0.300 e. The number of nitrogens with one attached hydrogen (secondary N) is 1. The highest BCUT2D eigenvalue weighted by Gasteiger charge is 1.95. The first-order chi connectivity index (χ1) is 2.50. The molecule has 1 fully saturated rings. The first kappa shape index (κ1) is 3.46. The van der Waals surface area contributed by atoms with Crippen LogP contribution in [0.1, 0.15) is 0 Å². The highest BCUT2D eigenvalue weighted by Crippen LogP contribution is 2.03. The van der Waals surface area contributed by atoms with Crippen LogP contribution in [0.3, 0.4) is 0 Å². The minimum absolute atomic E-state index is 0.727. The van der Waals surface area contributed by atoms with Gasteiger partial charge in [0, 0.05) is 0 Å². The van der Waals surface area contributed by atoms with Gasteiger partial charge in [0.1, 0.15) is 0 Å². The molecule has 3 heteroatoms. The fraction of sp³-hybridized carbons (Fsp3) is 0.500. The quantitative estimate of drug-likeness (QED) is 0.342. The van der Waals surface area contributed by atoms with E-state index in [1.807, 2.05) is 6.54 Å². The third-order valence-corrected chi connectivity index (χ3v) is 0.859. The Morgan fingerprint density at radius 3 is 3.20 bits per heavy atom. The van der Waals surface area contributed by atoms with Crippen LogP contribution >= 0.6 is 12.2 Å². The summed E-state index contributed by atoms with van der Waals surface area (Å²) in [6, 6.07) is 0. The second-order valence-electron chi connectivity index (χ2n) is 0.690. The van der Waals surface area contributed by atoms with Gasteiger partial charge in [-0.3, -0.25) is 4.18 Å². The summed E-state index contributed by atoms with van der Waals surface area (Å²) in [6.07, 6.45) is 0. The summed E-state index contributed by atoms with van der Waals surface area (Å²) in [5.74, 6) is 0. The maximum absolute atomic E-state index is 4.69. The summed E-state index contributed by atoms with van der Waals surface area (Å²) in [7, 11) is 0. The molecule has 1 radical (unpaired) electrons. The maximum atomic E-state index is 4.69. The summed E-state index contributed by atoms with van der Waals surface area (Å²) >= 11 is 1.27. The number of rotatable bonds is 0. The Morgan fingerprint density at radius 1 is 2.00 bits per heavy atom. The lowest BCUT2D eigenvalue weighted by Crippen LogP contribution is -1.86. The number of hydrogen-bond donors (Lipinski definition) is 1. The molecule has 0 saturated carbocycles. The van der Waals surface area contributed by atoms with E-state index in [0.717, 1.165) is 6.61 Å². The summed E-state index contributed by atoms with van der Waals surface area (Å²) in [4.78, 5) is 0. The summed E-state index contributed by atoms with van der Waals surface area (Å²) in [5.41, 5.74) is 0. The molecule has 0 amide bonds. The van der Waals surface area contributed by atoms with Crippen LogP contribution < -0.4 is 4.72 Å². The van der Waals surface area contributed by atoms with Crippen molar-refractivity contribution in [3.05, 3.63) is 6.54 Å². The molecule has 29 valence electrons. The van der Waals surface area contributed by atoms with Crippen LogP contribution in [0.2, 0.25) is 0 Å². The van der Waals surface area contributed by atoms with E-state index in [9.17, 15) is 0 Å². The molecule has 0 bridgehead atoms. The van der Waals surface area contributed by atoms with Crippen LogP contribution in [0.15, 0.2) is 0 Å². The van der Waals surface area contributed by atoms with Gasteiger partial charge in [0.15, 0.2) is 0 Å². The van der Waals surface area contributed by atoms with Crippen molar-refractivity contribution in [2.24, 2.45) is 0 Å². The van der Waals surface area contributed by atoms with Crippen LogP contribution in [0.5, 0.6) is 0 Å². The van der Waals surface area contributed by atoms with E-state index in [-0.39, 0.29) is 0 Å². The van der Waals surface area contributed by atoms with Crippen molar-refractivity contribution in [2.75, 3.05) is 6.61 Å². The topological polar surface area (TPSA) is 21.3 Å². The Balaban J connectivity index is 2.08. The van der Waals surface area contributed by atoms with Gasteiger partial charge in [-0.05, 0) is 0 Å². The fourth-order valence-corrected chi connectivity index (χ4v) is 0.510. The first-order valence-electron chi connectivity index (χ1n) is 1.36. The lowest BCUT2D eigenvalue weighted by atomic mass is 10.8. The van der Waals surface area contributed by atoms with Gasteiger partial charge in [-0.25, -0.2) is 4.72 Å². The standard InChI is InChI=1S/C2H4NOS/c1-2-4-5-3-1/h1,3H,2H2. The van der Waals surface area contributed by atoms with E-state index >= 15 is 0 Å². The van der Waals surface area contributed by atoms with E-state index < -0.39 is 0 Å². The second-order valence-corrected chi connectivity index (χ2v) is 1.33. The zero-order chi connectivity index (χ0) is 3.54. The van der Waals surface area contributed by atoms with Gasteiger partial charge in [0.25, 0.3) is 0 Å². The van der Waals surface area contributed by atoms with E-state index in [1.165, 1.54) is 12.2 Å². The Kier molecular flexibility index (Phi) is 1.14. The third kappa shape index (κ3) is 0.792. The molecule has 2 nitrogen and oxygen atoms in total. The van der Waals surface area contributed by atoms with Gasteiger partial charge in [-0.1, -0.05) is 0 Å². The molecule has 0 aromatic carbocycles. The van der Waals surface area contributed by atoms with Gasteiger partial charge < -0.3 is 0 Å².